The van der Waals surface area contributed by atoms with Crippen molar-refractivity contribution < 1.29 is 4.79 Å². The van der Waals surface area contributed by atoms with E-state index in [-0.39, 0.29) is 6.03 Å². The lowest BCUT2D eigenvalue weighted by atomic mass is 9.99. The minimum Gasteiger partial charge on any atom is -0.325 e. The number of piperidine rings is 1. The van der Waals surface area contributed by atoms with E-state index in [1.54, 1.807) is 0 Å². The maximum Gasteiger partial charge on any atom is 0.320 e. The highest BCUT2D eigenvalue weighted by Crippen LogP contribution is 2.17. The molecule has 0 saturated carbocycles. The van der Waals surface area contributed by atoms with Crippen molar-refractivity contribution in [3.63, 3.8) is 0 Å². The third-order valence-electron chi connectivity index (χ3n) is 3.44. The van der Waals surface area contributed by atoms with Gasteiger partial charge >= 0.3 is 6.03 Å². The van der Waals surface area contributed by atoms with Gasteiger partial charge in [0.15, 0.2) is 0 Å². The zero-order valence-corrected chi connectivity index (χ0v) is 13.5. The molecule has 2 saturated heterocycles. The van der Waals surface area contributed by atoms with Gasteiger partial charge in [-0.1, -0.05) is 34.6 Å². The average Bonchev–Trinajstić information content (AvgIpc) is 2.52. The summed E-state index contributed by atoms with van der Waals surface area (Å²) >= 11 is 0. The Labute approximate surface area is 119 Å². The van der Waals surface area contributed by atoms with E-state index in [1.807, 2.05) is 37.5 Å². The van der Waals surface area contributed by atoms with Crippen LogP contribution in [-0.4, -0.2) is 55.1 Å². The molecule has 19 heavy (non-hydrogen) atoms. The third kappa shape index (κ3) is 6.28. The maximum atomic E-state index is 12.1. The molecule has 0 aromatic carbocycles. The predicted octanol–water partition coefficient (Wildman–Crippen LogP) is 2.80. The Morgan fingerprint density at radius 1 is 0.895 bits per heavy atom. The van der Waals surface area contributed by atoms with Crippen molar-refractivity contribution in [2.45, 2.75) is 47.5 Å². The van der Waals surface area contributed by atoms with E-state index in [0.29, 0.717) is 0 Å². The van der Waals surface area contributed by atoms with Gasteiger partial charge in [0.1, 0.15) is 0 Å². The van der Waals surface area contributed by atoms with Gasteiger partial charge in [-0.25, -0.2) is 4.79 Å². The summed E-state index contributed by atoms with van der Waals surface area (Å²) in [6.07, 6.45) is 2.33. The molecular weight excluding hydrogens is 238 g/mol. The molecule has 2 aliphatic rings. The third-order valence-corrected chi connectivity index (χ3v) is 3.44. The van der Waals surface area contributed by atoms with Gasteiger partial charge in [0.05, 0.1) is 0 Å². The summed E-state index contributed by atoms with van der Waals surface area (Å²) in [6.45, 7) is 15.8. The van der Waals surface area contributed by atoms with Gasteiger partial charge in [-0.2, -0.15) is 0 Å². The normalized spacial score (nSPS) is 19.8. The molecule has 2 amide bonds. The van der Waals surface area contributed by atoms with Crippen LogP contribution < -0.4 is 5.32 Å². The van der Waals surface area contributed by atoms with Crippen LogP contribution in [0.25, 0.3) is 0 Å². The van der Waals surface area contributed by atoms with Crippen LogP contribution >= 0.6 is 0 Å². The lowest BCUT2D eigenvalue weighted by Gasteiger charge is -2.36. The Hall–Kier alpha value is -0.770. The van der Waals surface area contributed by atoms with Crippen molar-refractivity contribution in [1.29, 1.82) is 0 Å². The summed E-state index contributed by atoms with van der Waals surface area (Å²) in [5, 5.41) is 3.27. The van der Waals surface area contributed by atoms with E-state index < -0.39 is 0 Å². The lowest BCUT2D eigenvalue weighted by Crippen LogP contribution is -2.52. The lowest BCUT2D eigenvalue weighted by molar-refractivity contribution is 0.129. The largest absolute Gasteiger partial charge is 0.325 e. The average molecular weight is 271 g/mol. The summed E-state index contributed by atoms with van der Waals surface area (Å²) < 4.78 is 0. The van der Waals surface area contributed by atoms with Gasteiger partial charge in [0.25, 0.3) is 0 Å². The second kappa shape index (κ2) is 11.1. The molecule has 2 aliphatic heterocycles. The zero-order chi connectivity index (χ0) is 14.7. The Morgan fingerprint density at radius 3 is 1.79 bits per heavy atom. The number of urea groups is 1. The molecule has 0 atom stereocenters. The SMILES string of the molecule is CC.CC.CC1CCN(C(=O)N2CCNCC2)CC1. The molecule has 2 fully saturated rings. The van der Waals surface area contributed by atoms with Crippen molar-refractivity contribution in [1.82, 2.24) is 15.1 Å². The number of hydrogen-bond acceptors (Lipinski definition) is 2. The quantitative estimate of drug-likeness (QED) is 0.735. The standard InChI is InChI=1S/C11H21N3O.2C2H6/c1-10-2-6-13(7-3-10)11(15)14-8-4-12-5-9-14;2*1-2/h10,12H,2-9H2,1H3;2*1-2H3. The van der Waals surface area contributed by atoms with Crippen LogP contribution in [0, 0.1) is 5.92 Å². The smallest absolute Gasteiger partial charge is 0.320 e. The van der Waals surface area contributed by atoms with Crippen LogP contribution in [0.1, 0.15) is 47.5 Å². The number of carbonyl (C=O) groups excluding carboxylic acids is 1. The Balaban J connectivity index is 0.000000741. The summed E-state index contributed by atoms with van der Waals surface area (Å²) in [5.74, 6) is 0.789. The molecule has 0 spiro atoms. The van der Waals surface area contributed by atoms with E-state index in [4.69, 9.17) is 0 Å². The van der Waals surface area contributed by atoms with Crippen molar-refractivity contribution in [2.24, 2.45) is 5.92 Å². The van der Waals surface area contributed by atoms with Crippen LogP contribution in [0.3, 0.4) is 0 Å². The van der Waals surface area contributed by atoms with Crippen LogP contribution in [0.15, 0.2) is 0 Å². The van der Waals surface area contributed by atoms with Gasteiger partial charge in [-0.3, -0.25) is 0 Å². The number of amides is 2. The van der Waals surface area contributed by atoms with Crippen LogP contribution in [0.2, 0.25) is 0 Å². The molecule has 0 aromatic rings. The maximum absolute atomic E-state index is 12.1. The van der Waals surface area contributed by atoms with Gasteiger partial charge in [-0.05, 0) is 18.8 Å². The summed E-state index contributed by atoms with van der Waals surface area (Å²) in [4.78, 5) is 16.1. The molecule has 114 valence electrons. The van der Waals surface area contributed by atoms with Crippen molar-refractivity contribution in [3.8, 4) is 0 Å². The van der Waals surface area contributed by atoms with Crippen molar-refractivity contribution >= 4 is 6.03 Å². The van der Waals surface area contributed by atoms with Crippen LogP contribution in [-0.2, 0) is 0 Å². The number of rotatable bonds is 0. The van der Waals surface area contributed by atoms with Crippen molar-refractivity contribution in [3.05, 3.63) is 0 Å². The van der Waals surface area contributed by atoms with Gasteiger partial charge < -0.3 is 15.1 Å². The minimum absolute atomic E-state index is 0.253. The first kappa shape index (κ1) is 18.2. The summed E-state index contributed by atoms with van der Waals surface area (Å²) in [6, 6.07) is 0.253. The molecule has 0 unspecified atom stereocenters. The van der Waals surface area contributed by atoms with E-state index in [2.05, 4.69) is 12.2 Å². The Kier molecular flexibility index (Phi) is 10.6. The van der Waals surface area contributed by atoms with Gasteiger partial charge in [0.2, 0.25) is 0 Å². The fourth-order valence-corrected chi connectivity index (χ4v) is 2.26. The van der Waals surface area contributed by atoms with E-state index >= 15 is 0 Å². The summed E-state index contributed by atoms with van der Waals surface area (Å²) in [7, 11) is 0. The molecule has 4 nitrogen and oxygen atoms in total. The predicted molar refractivity (Wildman–Crippen MR) is 82.5 cm³/mol. The molecule has 4 heteroatoms. The molecule has 1 N–H and O–H groups in total. The highest BCUT2D eigenvalue weighted by molar-refractivity contribution is 5.74. The second-order valence-electron chi connectivity index (χ2n) is 4.69. The van der Waals surface area contributed by atoms with Crippen LogP contribution in [0.4, 0.5) is 4.79 Å². The first-order chi connectivity index (χ1) is 9.27. The van der Waals surface area contributed by atoms with Gasteiger partial charge in [-0.15, -0.1) is 0 Å². The molecule has 0 aliphatic carbocycles. The first-order valence-electron chi connectivity index (χ1n) is 8.02. The van der Waals surface area contributed by atoms with E-state index in [1.165, 1.54) is 0 Å². The monoisotopic (exact) mass is 271 g/mol. The Bertz CT molecular complexity index is 219. The number of likely N-dealkylation sites (tertiary alicyclic amines) is 1. The number of nitrogens with one attached hydrogen (secondary N) is 1. The summed E-state index contributed by atoms with van der Waals surface area (Å²) in [5.41, 5.74) is 0. The van der Waals surface area contributed by atoms with Crippen molar-refractivity contribution in [2.75, 3.05) is 39.3 Å². The highest BCUT2D eigenvalue weighted by atomic mass is 16.2. The van der Waals surface area contributed by atoms with Gasteiger partial charge in [0, 0.05) is 39.3 Å². The molecule has 0 aromatic heterocycles. The fraction of sp³-hybridized carbons (Fsp3) is 0.933. The highest BCUT2D eigenvalue weighted by Gasteiger charge is 2.25. The topological polar surface area (TPSA) is 35.6 Å². The number of carbonyl (C=O) groups is 1. The molecular formula is C15H33N3O. The molecule has 2 rings (SSSR count). The zero-order valence-electron chi connectivity index (χ0n) is 13.5. The number of nitrogens with zero attached hydrogens (tertiary/aromatic N) is 2. The second-order valence-corrected chi connectivity index (χ2v) is 4.69. The fourth-order valence-electron chi connectivity index (χ4n) is 2.26. The first-order valence-corrected chi connectivity index (χ1v) is 8.02. The van der Waals surface area contributed by atoms with Crippen LogP contribution in [0.5, 0.6) is 0 Å². The van der Waals surface area contributed by atoms with E-state index in [9.17, 15) is 4.79 Å². The van der Waals surface area contributed by atoms with E-state index in [0.717, 1.165) is 58.0 Å². The Morgan fingerprint density at radius 2 is 1.32 bits per heavy atom. The minimum atomic E-state index is 0.253. The molecule has 2 heterocycles. The number of hydrogen-bond donors (Lipinski definition) is 1. The number of piperazine rings is 1. The molecule has 0 bridgehead atoms. The molecule has 0 radical (unpaired) electrons.